The lowest BCUT2D eigenvalue weighted by atomic mass is 10.1. The lowest BCUT2D eigenvalue weighted by molar-refractivity contribution is 0.432. The molecule has 0 aliphatic rings. The van der Waals surface area contributed by atoms with Crippen LogP contribution in [0.15, 0.2) is 41.2 Å². The molecule has 2 heterocycles. The molecule has 2 aromatic heterocycles. The highest BCUT2D eigenvalue weighted by Gasteiger charge is 2.12. The molecule has 100 valence electrons. The Labute approximate surface area is 117 Å². The number of hydrogen-bond donors (Lipinski definition) is 0. The van der Waals surface area contributed by atoms with Gasteiger partial charge in [0.05, 0.1) is 0 Å². The van der Waals surface area contributed by atoms with Crippen LogP contribution in [0.1, 0.15) is 16.7 Å². The Morgan fingerprint density at radius 3 is 2.55 bits per heavy atom. The Balaban J connectivity index is 2.02. The molecule has 0 unspecified atom stereocenters. The van der Waals surface area contributed by atoms with Gasteiger partial charge in [-0.05, 0) is 55.7 Å². The highest BCUT2D eigenvalue weighted by Crippen LogP contribution is 2.25. The van der Waals surface area contributed by atoms with Crippen LogP contribution in [0.25, 0.3) is 22.8 Å². The Morgan fingerprint density at radius 1 is 0.950 bits per heavy atom. The molecule has 4 heteroatoms. The van der Waals surface area contributed by atoms with Crippen LogP contribution in [-0.2, 0) is 0 Å². The molecule has 0 fully saturated rings. The van der Waals surface area contributed by atoms with Crippen LogP contribution < -0.4 is 0 Å². The van der Waals surface area contributed by atoms with E-state index >= 15 is 0 Å². The second kappa shape index (κ2) is 4.89. The fourth-order valence-electron chi connectivity index (χ4n) is 2.05. The average molecular weight is 265 g/mol. The minimum atomic E-state index is 0.541. The van der Waals surface area contributed by atoms with Gasteiger partial charge < -0.3 is 4.52 Å². The van der Waals surface area contributed by atoms with Crippen LogP contribution in [-0.4, -0.2) is 15.1 Å². The first-order valence-electron chi connectivity index (χ1n) is 6.47. The molecule has 0 atom stereocenters. The summed E-state index contributed by atoms with van der Waals surface area (Å²) in [7, 11) is 0. The molecule has 0 amide bonds. The molecular weight excluding hydrogens is 250 g/mol. The minimum absolute atomic E-state index is 0.541. The second-order valence-electron chi connectivity index (χ2n) is 4.91. The SMILES string of the molecule is Cc1ccc(-c2nc(-c3ccncc3C)no2)cc1C. The zero-order chi connectivity index (χ0) is 14.1. The van der Waals surface area contributed by atoms with Gasteiger partial charge in [0.1, 0.15) is 0 Å². The van der Waals surface area contributed by atoms with Crippen molar-refractivity contribution in [2.45, 2.75) is 20.8 Å². The zero-order valence-electron chi connectivity index (χ0n) is 11.7. The van der Waals surface area contributed by atoms with Crippen molar-refractivity contribution in [3.8, 4) is 22.8 Å². The molecule has 0 N–H and O–H groups in total. The van der Waals surface area contributed by atoms with Gasteiger partial charge in [-0.1, -0.05) is 11.2 Å². The smallest absolute Gasteiger partial charge is 0.258 e. The van der Waals surface area contributed by atoms with E-state index in [0.29, 0.717) is 11.7 Å². The van der Waals surface area contributed by atoms with Gasteiger partial charge >= 0.3 is 0 Å². The van der Waals surface area contributed by atoms with Crippen LogP contribution in [0.4, 0.5) is 0 Å². The number of aryl methyl sites for hydroxylation is 3. The van der Waals surface area contributed by atoms with E-state index in [4.69, 9.17) is 4.52 Å². The maximum absolute atomic E-state index is 5.37. The summed E-state index contributed by atoms with van der Waals surface area (Å²) in [5.74, 6) is 1.14. The van der Waals surface area contributed by atoms with Crippen LogP contribution in [0.2, 0.25) is 0 Å². The van der Waals surface area contributed by atoms with E-state index in [0.717, 1.165) is 16.7 Å². The van der Waals surface area contributed by atoms with Crippen molar-refractivity contribution >= 4 is 0 Å². The number of benzene rings is 1. The van der Waals surface area contributed by atoms with Gasteiger partial charge in [-0.15, -0.1) is 0 Å². The molecule has 0 spiro atoms. The van der Waals surface area contributed by atoms with E-state index in [2.05, 4.69) is 41.1 Å². The van der Waals surface area contributed by atoms with Gasteiger partial charge in [0.25, 0.3) is 5.89 Å². The van der Waals surface area contributed by atoms with Gasteiger partial charge in [-0.25, -0.2) is 0 Å². The fraction of sp³-hybridized carbons (Fsp3) is 0.188. The number of nitrogens with zero attached hydrogens (tertiary/aromatic N) is 3. The van der Waals surface area contributed by atoms with Gasteiger partial charge in [-0.2, -0.15) is 4.98 Å². The summed E-state index contributed by atoms with van der Waals surface area (Å²) in [5.41, 5.74) is 5.37. The Morgan fingerprint density at radius 2 is 1.80 bits per heavy atom. The van der Waals surface area contributed by atoms with Crippen molar-refractivity contribution in [1.82, 2.24) is 15.1 Å². The third kappa shape index (κ3) is 2.20. The van der Waals surface area contributed by atoms with Crippen molar-refractivity contribution in [3.05, 3.63) is 53.3 Å². The first kappa shape index (κ1) is 12.5. The van der Waals surface area contributed by atoms with Crippen LogP contribution >= 0.6 is 0 Å². The molecule has 0 bridgehead atoms. The Hall–Kier alpha value is -2.49. The lowest BCUT2D eigenvalue weighted by Crippen LogP contribution is -1.87. The van der Waals surface area contributed by atoms with Crippen molar-refractivity contribution in [2.75, 3.05) is 0 Å². The molecular formula is C16H15N3O. The second-order valence-corrected chi connectivity index (χ2v) is 4.91. The molecule has 0 saturated heterocycles. The molecule has 1 aromatic carbocycles. The van der Waals surface area contributed by atoms with E-state index < -0.39 is 0 Å². The summed E-state index contributed by atoms with van der Waals surface area (Å²) in [6, 6.07) is 8.02. The van der Waals surface area contributed by atoms with Crippen LogP contribution in [0.3, 0.4) is 0 Å². The summed E-state index contributed by atoms with van der Waals surface area (Å²) in [6.07, 6.45) is 3.52. The summed E-state index contributed by atoms with van der Waals surface area (Å²) in [5, 5.41) is 4.06. The van der Waals surface area contributed by atoms with Crippen molar-refractivity contribution in [3.63, 3.8) is 0 Å². The van der Waals surface area contributed by atoms with Crippen molar-refractivity contribution < 1.29 is 4.52 Å². The van der Waals surface area contributed by atoms with Gasteiger partial charge in [0.2, 0.25) is 5.82 Å². The van der Waals surface area contributed by atoms with E-state index in [1.54, 1.807) is 12.4 Å². The van der Waals surface area contributed by atoms with Gasteiger partial charge in [0.15, 0.2) is 0 Å². The van der Waals surface area contributed by atoms with Crippen molar-refractivity contribution in [1.29, 1.82) is 0 Å². The monoisotopic (exact) mass is 265 g/mol. The van der Waals surface area contributed by atoms with E-state index in [1.165, 1.54) is 11.1 Å². The molecule has 20 heavy (non-hydrogen) atoms. The zero-order valence-corrected chi connectivity index (χ0v) is 11.7. The number of aromatic nitrogens is 3. The predicted octanol–water partition coefficient (Wildman–Crippen LogP) is 3.72. The predicted molar refractivity (Wildman–Crippen MR) is 77.2 cm³/mol. The molecule has 3 rings (SSSR count). The van der Waals surface area contributed by atoms with Crippen LogP contribution in [0, 0.1) is 20.8 Å². The Bertz CT molecular complexity index is 762. The third-order valence-corrected chi connectivity index (χ3v) is 3.44. The van der Waals surface area contributed by atoms with Crippen molar-refractivity contribution in [2.24, 2.45) is 0 Å². The first-order chi connectivity index (χ1) is 9.65. The molecule has 0 radical (unpaired) electrons. The quantitative estimate of drug-likeness (QED) is 0.708. The largest absolute Gasteiger partial charge is 0.334 e. The number of hydrogen-bond acceptors (Lipinski definition) is 4. The first-order valence-corrected chi connectivity index (χ1v) is 6.47. The minimum Gasteiger partial charge on any atom is -0.334 e. The van der Waals surface area contributed by atoms with Gasteiger partial charge in [-0.3, -0.25) is 4.98 Å². The summed E-state index contributed by atoms with van der Waals surface area (Å²) in [6.45, 7) is 6.14. The van der Waals surface area contributed by atoms with E-state index in [9.17, 15) is 0 Å². The maximum Gasteiger partial charge on any atom is 0.258 e. The normalized spacial score (nSPS) is 10.8. The molecule has 0 aliphatic heterocycles. The summed E-state index contributed by atoms with van der Waals surface area (Å²) >= 11 is 0. The molecule has 0 saturated carbocycles. The topological polar surface area (TPSA) is 51.8 Å². The maximum atomic E-state index is 5.37. The highest BCUT2D eigenvalue weighted by atomic mass is 16.5. The fourth-order valence-corrected chi connectivity index (χ4v) is 2.05. The summed E-state index contributed by atoms with van der Waals surface area (Å²) < 4.78 is 5.37. The third-order valence-electron chi connectivity index (χ3n) is 3.44. The van der Waals surface area contributed by atoms with Gasteiger partial charge in [0, 0.05) is 23.5 Å². The Kier molecular flexibility index (Phi) is 3.06. The lowest BCUT2D eigenvalue weighted by Gasteiger charge is -2.00. The number of rotatable bonds is 2. The average Bonchev–Trinajstić information content (AvgIpc) is 2.92. The molecule has 4 nitrogen and oxygen atoms in total. The molecule has 3 aromatic rings. The standard InChI is InChI=1S/C16H15N3O/c1-10-4-5-13(8-11(10)2)16-18-15(19-20-16)14-6-7-17-9-12(14)3/h4-9H,1-3H3. The van der Waals surface area contributed by atoms with E-state index in [-0.39, 0.29) is 0 Å². The summed E-state index contributed by atoms with van der Waals surface area (Å²) in [4.78, 5) is 8.55. The number of pyridine rings is 1. The molecule has 0 aliphatic carbocycles. The van der Waals surface area contributed by atoms with E-state index in [1.807, 2.05) is 19.1 Å². The highest BCUT2D eigenvalue weighted by molar-refractivity contribution is 5.62. The van der Waals surface area contributed by atoms with Crippen LogP contribution in [0.5, 0.6) is 0 Å².